The van der Waals surface area contributed by atoms with Gasteiger partial charge >= 0.3 is 0 Å². The van der Waals surface area contributed by atoms with Gasteiger partial charge in [-0.3, -0.25) is 4.98 Å². The minimum absolute atomic E-state index is 0.101. The lowest BCUT2D eigenvalue weighted by atomic mass is 10.1. The first-order chi connectivity index (χ1) is 6.07. The highest BCUT2D eigenvalue weighted by Gasteiger charge is 2.18. The summed E-state index contributed by atoms with van der Waals surface area (Å²) in [5.74, 6) is 0. The number of hydrogen-bond donors (Lipinski definition) is 1. The Morgan fingerprint density at radius 3 is 2.69 bits per heavy atom. The fourth-order valence-corrected chi connectivity index (χ4v) is 1.72. The van der Waals surface area contributed by atoms with E-state index in [0.717, 1.165) is 0 Å². The van der Waals surface area contributed by atoms with Crippen LogP contribution in [0, 0.1) is 10.5 Å². The van der Waals surface area contributed by atoms with Crippen molar-refractivity contribution in [3.05, 3.63) is 26.6 Å². The van der Waals surface area contributed by atoms with E-state index in [2.05, 4.69) is 4.98 Å². The van der Waals surface area contributed by atoms with Crippen molar-refractivity contribution in [1.29, 1.82) is 0 Å². The second-order valence-electron chi connectivity index (χ2n) is 2.56. The van der Waals surface area contributed by atoms with Gasteiger partial charge in [0.2, 0.25) is 0 Å². The number of pyridine rings is 1. The van der Waals surface area contributed by atoms with E-state index in [-0.39, 0.29) is 11.1 Å². The number of aliphatic hydroxyl groups is 1. The molecule has 0 aliphatic rings. The molecule has 0 aromatic carbocycles. The van der Waals surface area contributed by atoms with Gasteiger partial charge in [-0.1, -0.05) is 0 Å². The lowest BCUT2D eigenvalue weighted by Gasteiger charge is -2.09. The first kappa shape index (κ1) is 10.8. The predicted octanol–water partition coefficient (Wildman–Crippen LogP) is 2.42. The molecule has 2 nitrogen and oxygen atoms in total. The number of aromatic nitrogens is 1. The molecule has 1 aromatic heterocycles. The maximum absolute atomic E-state index is 12.5. The van der Waals surface area contributed by atoms with E-state index >= 15 is 0 Å². The standard InChI is InChI=1S/C8H8F2INO/c1-4-7(11)6(8(9)10)5(3-13)2-12-4/h2,8,13H,3H2,1H3. The van der Waals surface area contributed by atoms with Crippen LogP contribution in [-0.4, -0.2) is 10.1 Å². The Kier molecular flexibility index (Phi) is 3.55. The third-order valence-corrected chi connectivity index (χ3v) is 3.06. The molecule has 1 heterocycles. The first-order valence-corrected chi connectivity index (χ1v) is 4.68. The summed E-state index contributed by atoms with van der Waals surface area (Å²) in [6, 6.07) is 0. The molecule has 0 bridgehead atoms. The maximum atomic E-state index is 12.5. The minimum atomic E-state index is -2.56. The van der Waals surface area contributed by atoms with Crippen LogP contribution in [0.15, 0.2) is 6.20 Å². The van der Waals surface area contributed by atoms with E-state index in [0.29, 0.717) is 9.26 Å². The molecule has 1 N–H and O–H groups in total. The summed E-state index contributed by atoms with van der Waals surface area (Å²) in [5, 5.41) is 8.81. The van der Waals surface area contributed by atoms with Crippen LogP contribution in [0.3, 0.4) is 0 Å². The second kappa shape index (κ2) is 4.28. The summed E-state index contributed by atoms with van der Waals surface area (Å²) in [6.45, 7) is 1.26. The van der Waals surface area contributed by atoms with Gasteiger partial charge in [0.05, 0.1) is 12.3 Å². The quantitative estimate of drug-likeness (QED) is 0.851. The largest absolute Gasteiger partial charge is 0.392 e. The van der Waals surface area contributed by atoms with E-state index in [1.165, 1.54) is 6.20 Å². The molecule has 13 heavy (non-hydrogen) atoms. The monoisotopic (exact) mass is 299 g/mol. The molecule has 0 unspecified atom stereocenters. The van der Waals surface area contributed by atoms with Crippen molar-refractivity contribution in [3.63, 3.8) is 0 Å². The van der Waals surface area contributed by atoms with Crippen molar-refractivity contribution in [2.24, 2.45) is 0 Å². The first-order valence-electron chi connectivity index (χ1n) is 3.60. The van der Waals surface area contributed by atoms with Crippen molar-refractivity contribution >= 4 is 22.6 Å². The molecule has 1 aromatic rings. The molecule has 0 spiro atoms. The van der Waals surface area contributed by atoms with Gasteiger partial charge in [-0.15, -0.1) is 0 Å². The highest BCUT2D eigenvalue weighted by Crippen LogP contribution is 2.28. The fourth-order valence-electron chi connectivity index (χ4n) is 0.999. The summed E-state index contributed by atoms with van der Waals surface area (Å²) in [4.78, 5) is 3.89. The third-order valence-electron chi connectivity index (χ3n) is 1.70. The van der Waals surface area contributed by atoms with Crippen LogP contribution in [-0.2, 0) is 6.61 Å². The summed E-state index contributed by atoms with van der Waals surface area (Å²) in [6.07, 6.45) is -1.27. The third kappa shape index (κ3) is 2.14. The van der Waals surface area contributed by atoms with Crippen molar-refractivity contribution in [1.82, 2.24) is 4.98 Å². The van der Waals surface area contributed by atoms with Crippen LogP contribution in [0.25, 0.3) is 0 Å². The Balaban J connectivity index is 3.32. The molecule has 0 aliphatic heterocycles. The lowest BCUT2D eigenvalue weighted by molar-refractivity contribution is 0.146. The van der Waals surface area contributed by atoms with Crippen molar-refractivity contribution in [2.75, 3.05) is 0 Å². The topological polar surface area (TPSA) is 33.1 Å². The van der Waals surface area contributed by atoms with Crippen molar-refractivity contribution in [2.45, 2.75) is 20.0 Å². The number of rotatable bonds is 2. The van der Waals surface area contributed by atoms with E-state index < -0.39 is 13.0 Å². The van der Waals surface area contributed by atoms with Crippen LogP contribution in [0.5, 0.6) is 0 Å². The van der Waals surface area contributed by atoms with Crippen LogP contribution < -0.4 is 0 Å². The van der Waals surface area contributed by atoms with E-state index in [4.69, 9.17) is 5.11 Å². The van der Waals surface area contributed by atoms with Crippen LogP contribution >= 0.6 is 22.6 Å². The van der Waals surface area contributed by atoms with Gasteiger partial charge in [-0.25, -0.2) is 8.78 Å². The van der Waals surface area contributed by atoms with Crippen LogP contribution in [0.1, 0.15) is 23.2 Å². The Bertz CT molecular complexity index is 317. The minimum Gasteiger partial charge on any atom is -0.392 e. The highest BCUT2D eigenvalue weighted by molar-refractivity contribution is 14.1. The number of alkyl halides is 2. The van der Waals surface area contributed by atoms with Crippen LogP contribution in [0.2, 0.25) is 0 Å². The molecule has 0 fully saturated rings. The summed E-state index contributed by atoms with van der Waals surface area (Å²) in [5.41, 5.74) is 0.661. The van der Waals surface area contributed by atoms with Gasteiger partial charge in [-0.2, -0.15) is 0 Å². The Labute approximate surface area is 88.1 Å². The normalized spacial score (nSPS) is 10.9. The molecular weight excluding hydrogens is 291 g/mol. The highest BCUT2D eigenvalue weighted by atomic mass is 127. The molecule has 1 rings (SSSR count). The summed E-state index contributed by atoms with van der Waals surface area (Å²) >= 11 is 1.82. The smallest absolute Gasteiger partial charge is 0.265 e. The molecule has 0 radical (unpaired) electrons. The van der Waals surface area contributed by atoms with E-state index in [9.17, 15) is 8.78 Å². The summed E-state index contributed by atoms with van der Waals surface area (Å²) < 4.78 is 25.5. The van der Waals surface area contributed by atoms with Gasteiger partial charge in [0.15, 0.2) is 0 Å². The number of halogens is 3. The predicted molar refractivity (Wildman–Crippen MR) is 52.6 cm³/mol. The average Bonchev–Trinajstić information content (AvgIpc) is 2.08. The second-order valence-corrected chi connectivity index (χ2v) is 3.63. The molecule has 0 saturated carbocycles. The van der Waals surface area contributed by atoms with Crippen molar-refractivity contribution in [3.8, 4) is 0 Å². The number of aliphatic hydroxyl groups excluding tert-OH is 1. The zero-order chi connectivity index (χ0) is 10.0. The molecule has 0 amide bonds. The van der Waals surface area contributed by atoms with Gasteiger partial charge < -0.3 is 5.11 Å². The molecule has 0 atom stereocenters. The van der Waals surface area contributed by atoms with Crippen LogP contribution in [0.4, 0.5) is 8.78 Å². The summed E-state index contributed by atoms with van der Waals surface area (Å²) in [7, 11) is 0. The van der Waals surface area contributed by atoms with E-state index in [1.807, 2.05) is 22.6 Å². The zero-order valence-electron chi connectivity index (χ0n) is 6.89. The van der Waals surface area contributed by atoms with Gasteiger partial charge in [0.1, 0.15) is 0 Å². The Hall–Kier alpha value is -0.300. The molecular formula is C8H8F2INO. The lowest BCUT2D eigenvalue weighted by Crippen LogP contribution is -2.02. The number of hydrogen-bond acceptors (Lipinski definition) is 2. The maximum Gasteiger partial charge on any atom is 0.265 e. The molecule has 72 valence electrons. The molecule has 0 saturated heterocycles. The van der Waals surface area contributed by atoms with E-state index in [1.54, 1.807) is 6.92 Å². The SMILES string of the molecule is Cc1ncc(CO)c(C(F)F)c1I. The van der Waals surface area contributed by atoms with Gasteiger partial charge in [0.25, 0.3) is 6.43 Å². The molecule has 5 heteroatoms. The van der Waals surface area contributed by atoms with Gasteiger partial charge in [-0.05, 0) is 29.5 Å². The Morgan fingerprint density at radius 2 is 2.23 bits per heavy atom. The zero-order valence-corrected chi connectivity index (χ0v) is 9.05. The van der Waals surface area contributed by atoms with Crippen molar-refractivity contribution < 1.29 is 13.9 Å². The number of aryl methyl sites for hydroxylation is 1. The fraction of sp³-hybridized carbons (Fsp3) is 0.375. The average molecular weight is 299 g/mol. The molecule has 0 aliphatic carbocycles. The number of nitrogens with zero attached hydrogens (tertiary/aromatic N) is 1. The Morgan fingerprint density at radius 1 is 1.62 bits per heavy atom. The van der Waals surface area contributed by atoms with Gasteiger partial charge in [0, 0.05) is 20.9 Å².